The van der Waals surface area contributed by atoms with Crippen molar-refractivity contribution in [3.63, 3.8) is 0 Å². The van der Waals surface area contributed by atoms with Crippen LogP contribution in [0.3, 0.4) is 0 Å². The second kappa shape index (κ2) is 6.64. The molecule has 0 atom stereocenters. The van der Waals surface area contributed by atoms with Crippen LogP contribution in [-0.2, 0) is 6.42 Å². The highest BCUT2D eigenvalue weighted by Crippen LogP contribution is 2.24. The highest BCUT2D eigenvalue weighted by molar-refractivity contribution is 6.30. The molecule has 4 heteroatoms. The minimum absolute atomic E-state index is 0.0658. The van der Waals surface area contributed by atoms with Crippen LogP contribution in [0, 0.1) is 5.92 Å². The van der Waals surface area contributed by atoms with Gasteiger partial charge in [-0.1, -0.05) is 30.2 Å². The molecular formula is C14H19ClN2O. The number of carbonyl (C=O) groups is 1. The van der Waals surface area contributed by atoms with E-state index in [0.717, 1.165) is 23.6 Å². The Morgan fingerprint density at radius 2 is 2.17 bits per heavy atom. The zero-order valence-corrected chi connectivity index (χ0v) is 11.2. The van der Waals surface area contributed by atoms with Gasteiger partial charge in [-0.2, -0.15) is 0 Å². The molecule has 0 bridgehead atoms. The van der Waals surface area contributed by atoms with Crippen molar-refractivity contribution in [3.05, 3.63) is 34.9 Å². The third kappa shape index (κ3) is 4.22. The number of nitrogens with one attached hydrogen (secondary N) is 2. The normalized spacial score (nSPS) is 14.9. The standard InChI is InChI=1S/C14H19ClN2O/c15-13-6-2-3-11(9-13)7-8-16-14(18)17-10-12-4-1-5-12/h2-3,6,9,12H,1,4-5,7-8,10H2,(H2,16,17,18). The number of amides is 2. The second-order valence-electron chi connectivity index (χ2n) is 4.81. The Morgan fingerprint density at radius 3 is 2.83 bits per heavy atom. The van der Waals surface area contributed by atoms with Gasteiger partial charge in [0, 0.05) is 18.1 Å². The van der Waals surface area contributed by atoms with Gasteiger partial charge >= 0.3 is 6.03 Å². The van der Waals surface area contributed by atoms with Crippen LogP contribution in [0.4, 0.5) is 4.79 Å². The summed E-state index contributed by atoms with van der Waals surface area (Å²) in [6, 6.07) is 7.65. The average molecular weight is 267 g/mol. The highest BCUT2D eigenvalue weighted by Gasteiger charge is 2.17. The van der Waals surface area contributed by atoms with Crippen LogP contribution < -0.4 is 10.6 Å². The number of rotatable bonds is 5. The first-order valence-corrected chi connectivity index (χ1v) is 6.88. The largest absolute Gasteiger partial charge is 0.338 e. The fourth-order valence-electron chi connectivity index (χ4n) is 2.01. The number of urea groups is 1. The maximum atomic E-state index is 11.5. The molecule has 0 radical (unpaired) electrons. The van der Waals surface area contributed by atoms with Crippen molar-refractivity contribution in [2.45, 2.75) is 25.7 Å². The summed E-state index contributed by atoms with van der Waals surface area (Å²) in [5.74, 6) is 0.698. The van der Waals surface area contributed by atoms with Crippen LogP contribution in [0.15, 0.2) is 24.3 Å². The number of carbonyl (C=O) groups excluding carboxylic acids is 1. The number of benzene rings is 1. The Morgan fingerprint density at radius 1 is 1.33 bits per heavy atom. The minimum atomic E-state index is -0.0658. The SMILES string of the molecule is O=C(NCCc1cccc(Cl)c1)NCC1CCC1. The number of hydrogen-bond acceptors (Lipinski definition) is 1. The molecule has 0 unspecified atom stereocenters. The first kappa shape index (κ1) is 13.2. The summed E-state index contributed by atoms with van der Waals surface area (Å²) in [4.78, 5) is 11.5. The molecule has 0 heterocycles. The first-order chi connectivity index (χ1) is 8.74. The summed E-state index contributed by atoms with van der Waals surface area (Å²) in [5.41, 5.74) is 1.14. The molecular weight excluding hydrogens is 248 g/mol. The molecule has 98 valence electrons. The van der Waals surface area contributed by atoms with Crippen molar-refractivity contribution in [1.82, 2.24) is 10.6 Å². The number of halogens is 1. The molecule has 0 spiro atoms. The Hall–Kier alpha value is -1.22. The topological polar surface area (TPSA) is 41.1 Å². The van der Waals surface area contributed by atoms with Crippen LogP contribution in [0.1, 0.15) is 24.8 Å². The van der Waals surface area contributed by atoms with Crippen molar-refractivity contribution >= 4 is 17.6 Å². The second-order valence-corrected chi connectivity index (χ2v) is 5.25. The van der Waals surface area contributed by atoms with E-state index in [1.54, 1.807) is 0 Å². The van der Waals surface area contributed by atoms with Gasteiger partial charge in [0.1, 0.15) is 0 Å². The zero-order valence-electron chi connectivity index (χ0n) is 10.4. The molecule has 2 N–H and O–H groups in total. The van der Waals surface area contributed by atoms with E-state index in [1.807, 2.05) is 24.3 Å². The van der Waals surface area contributed by atoms with Crippen LogP contribution in [0.5, 0.6) is 0 Å². The van der Waals surface area contributed by atoms with E-state index in [9.17, 15) is 4.79 Å². The van der Waals surface area contributed by atoms with Gasteiger partial charge in [-0.05, 0) is 42.9 Å². The molecule has 1 aliphatic rings. The van der Waals surface area contributed by atoms with Gasteiger partial charge in [-0.25, -0.2) is 4.79 Å². The van der Waals surface area contributed by atoms with Crippen LogP contribution >= 0.6 is 11.6 Å². The van der Waals surface area contributed by atoms with Gasteiger partial charge in [0.15, 0.2) is 0 Å². The fourth-order valence-corrected chi connectivity index (χ4v) is 2.22. The van der Waals surface area contributed by atoms with Crippen molar-refractivity contribution in [2.75, 3.05) is 13.1 Å². The van der Waals surface area contributed by atoms with E-state index < -0.39 is 0 Å². The van der Waals surface area contributed by atoms with Gasteiger partial charge in [-0.3, -0.25) is 0 Å². The zero-order chi connectivity index (χ0) is 12.8. The van der Waals surface area contributed by atoms with Crippen LogP contribution in [0.2, 0.25) is 5.02 Å². The highest BCUT2D eigenvalue weighted by atomic mass is 35.5. The van der Waals surface area contributed by atoms with E-state index in [2.05, 4.69) is 10.6 Å². The Balaban J connectivity index is 1.60. The average Bonchev–Trinajstić information content (AvgIpc) is 2.27. The van der Waals surface area contributed by atoms with E-state index in [-0.39, 0.29) is 6.03 Å². The Bertz CT molecular complexity index is 405. The Labute approximate surface area is 113 Å². The fraction of sp³-hybridized carbons (Fsp3) is 0.500. The predicted molar refractivity (Wildman–Crippen MR) is 73.9 cm³/mol. The molecule has 2 rings (SSSR count). The summed E-state index contributed by atoms with van der Waals surface area (Å²) in [5, 5.41) is 6.51. The van der Waals surface area contributed by atoms with Crippen LogP contribution in [0.25, 0.3) is 0 Å². The van der Waals surface area contributed by atoms with Gasteiger partial charge in [0.25, 0.3) is 0 Å². The van der Waals surface area contributed by atoms with Gasteiger partial charge < -0.3 is 10.6 Å². The maximum absolute atomic E-state index is 11.5. The van der Waals surface area contributed by atoms with Gasteiger partial charge in [0.05, 0.1) is 0 Å². The van der Waals surface area contributed by atoms with Crippen molar-refractivity contribution in [2.24, 2.45) is 5.92 Å². The van der Waals surface area contributed by atoms with Crippen molar-refractivity contribution in [3.8, 4) is 0 Å². The molecule has 1 aliphatic carbocycles. The predicted octanol–water partition coefficient (Wildman–Crippen LogP) is 2.98. The quantitative estimate of drug-likeness (QED) is 0.845. The lowest BCUT2D eigenvalue weighted by molar-refractivity contribution is 0.232. The summed E-state index contributed by atoms with van der Waals surface area (Å²) < 4.78 is 0. The summed E-state index contributed by atoms with van der Waals surface area (Å²) in [7, 11) is 0. The van der Waals surface area contributed by atoms with Crippen LogP contribution in [-0.4, -0.2) is 19.1 Å². The molecule has 1 fully saturated rings. The summed E-state index contributed by atoms with van der Waals surface area (Å²) in [6.45, 7) is 1.44. The van der Waals surface area contributed by atoms with Gasteiger partial charge in [0.2, 0.25) is 0 Å². The van der Waals surface area contributed by atoms with E-state index in [0.29, 0.717) is 12.5 Å². The molecule has 3 nitrogen and oxygen atoms in total. The molecule has 2 amide bonds. The van der Waals surface area contributed by atoms with Gasteiger partial charge in [-0.15, -0.1) is 0 Å². The van der Waals surface area contributed by atoms with E-state index in [1.165, 1.54) is 19.3 Å². The molecule has 1 aromatic carbocycles. The number of hydrogen-bond donors (Lipinski definition) is 2. The lowest BCUT2D eigenvalue weighted by Gasteiger charge is -2.25. The molecule has 1 saturated carbocycles. The third-order valence-electron chi connectivity index (χ3n) is 3.36. The monoisotopic (exact) mass is 266 g/mol. The molecule has 0 aliphatic heterocycles. The minimum Gasteiger partial charge on any atom is -0.338 e. The lowest BCUT2D eigenvalue weighted by atomic mass is 9.85. The third-order valence-corrected chi connectivity index (χ3v) is 3.60. The van der Waals surface area contributed by atoms with Crippen molar-refractivity contribution in [1.29, 1.82) is 0 Å². The first-order valence-electron chi connectivity index (χ1n) is 6.50. The van der Waals surface area contributed by atoms with E-state index >= 15 is 0 Å². The Kier molecular flexibility index (Phi) is 4.88. The molecule has 0 aromatic heterocycles. The summed E-state index contributed by atoms with van der Waals surface area (Å²) >= 11 is 5.89. The van der Waals surface area contributed by atoms with Crippen molar-refractivity contribution < 1.29 is 4.79 Å². The maximum Gasteiger partial charge on any atom is 0.314 e. The lowest BCUT2D eigenvalue weighted by Crippen LogP contribution is -2.40. The molecule has 18 heavy (non-hydrogen) atoms. The smallest absolute Gasteiger partial charge is 0.314 e. The summed E-state index contributed by atoms with van der Waals surface area (Å²) in [6.07, 6.45) is 4.62. The molecule has 1 aromatic rings. The molecule has 0 saturated heterocycles. The van der Waals surface area contributed by atoms with E-state index in [4.69, 9.17) is 11.6 Å².